The van der Waals surface area contributed by atoms with Crippen molar-refractivity contribution in [3.05, 3.63) is 51.7 Å². The molecule has 2 heterocycles. The molecule has 1 aromatic heterocycles. The first-order valence-electron chi connectivity index (χ1n) is 7.97. The highest BCUT2D eigenvalue weighted by atomic mass is 32.1. The van der Waals surface area contributed by atoms with Gasteiger partial charge < -0.3 is 15.3 Å². The van der Waals surface area contributed by atoms with Crippen molar-refractivity contribution >= 4 is 28.8 Å². The highest BCUT2D eigenvalue weighted by Gasteiger charge is 2.23. The number of piperidine rings is 1. The van der Waals surface area contributed by atoms with E-state index in [1.54, 1.807) is 29.2 Å². The Balaban J connectivity index is 1.73. The fraction of sp³-hybridized carbons (Fsp3) is 0.333. The molecule has 1 fully saturated rings. The highest BCUT2D eigenvalue weighted by Crippen LogP contribution is 2.20. The van der Waals surface area contributed by atoms with Gasteiger partial charge in [0.15, 0.2) is 0 Å². The number of nitrogens with one attached hydrogen (secondary N) is 1. The van der Waals surface area contributed by atoms with Crippen molar-refractivity contribution in [3.63, 3.8) is 0 Å². The lowest BCUT2D eigenvalue weighted by Crippen LogP contribution is -2.42. The first kappa shape index (κ1) is 16.7. The van der Waals surface area contributed by atoms with E-state index in [9.17, 15) is 14.7 Å². The lowest BCUT2D eigenvalue weighted by Gasteiger charge is -2.30. The Hall–Kier alpha value is -2.18. The van der Waals surface area contributed by atoms with Crippen LogP contribution in [0.3, 0.4) is 0 Å². The average molecular weight is 344 g/mol. The Morgan fingerprint density at radius 1 is 1.33 bits per heavy atom. The van der Waals surface area contributed by atoms with Crippen LogP contribution in [0.4, 0.5) is 5.69 Å². The van der Waals surface area contributed by atoms with Gasteiger partial charge in [0.2, 0.25) is 0 Å². The number of benzene rings is 1. The quantitative estimate of drug-likeness (QED) is 0.899. The molecule has 1 aliphatic heterocycles. The summed E-state index contributed by atoms with van der Waals surface area (Å²) in [4.78, 5) is 27.2. The number of rotatable bonds is 3. The minimum Gasteiger partial charge on any atom is -0.391 e. The van der Waals surface area contributed by atoms with Gasteiger partial charge in [0, 0.05) is 24.3 Å². The number of aliphatic hydroxyl groups is 1. The second-order valence-electron chi connectivity index (χ2n) is 6.01. The Labute approximate surface area is 144 Å². The Morgan fingerprint density at radius 2 is 2.17 bits per heavy atom. The van der Waals surface area contributed by atoms with E-state index < -0.39 is 6.10 Å². The summed E-state index contributed by atoms with van der Waals surface area (Å²) in [5, 5.41) is 14.5. The van der Waals surface area contributed by atoms with E-state index in [0.717, 1.165) is 18.4 Å². The first-order chi connectivity index (χ1) is 11.5. The van der Waals surface area contributed by atoms with Gasteiger partial charge in [0.25, 0.3) is 11.8 Å². The predicted molar refractivity (Wildman–Crippen MR) is 94.6 cm³/mol. The van der Waals surface area contributed by atoms with Crippen LogP contribution >= 0.6 is 11.3 Å². The molecule has 1 saturated heterocycles. The van der Waals surface area contributed by atoms with Crippen molar-refractivity contribution in [2.24, 2.45) is 0 Å². The molecule has 0 aliphatic carbocycles. The molecular weight excluding hydrogens is 324 g/mol. The first-order valence-corrected chi connectivity index (χ1v) is 8.85. The normalized spacial score (nSPS) is 17.6. The largest absolute Gasteiger partial charge is 0.391 e. The maximum atomic E-state index is 12.6. The van der Waals surface area contributed by atoms with Crippen LogP contribution in [-0.2, 0) is 0 Å². The van der Waals surface area contributed by atoms with Gasteiger partial charge in [-0.25, -0.2) is 0 Å². The van der Waals surface area contributed by atoms with Gasteiger partial charge in [-0.15, -0.1) is 11.3 Å². The van der Waals surface area contributed by atoms with Crippen LogP contribution in [0, 0.1) is 6.92 Å². The van der Waals surface area contributed by atoms with Gasteiger partial charge in [0.1, 0.15) is 0 Å². The average Bonchev–Trinajstić information content (AvgIpc) is 3.00. The monoisotopic (exact) mass is 344 g/mol. The number of hydrogen-bond donors (Lipinski definition) is 2. The van der Waals surface area contributed by atoms with Crippen LogP contribution in [0.5, 0.6) is 0 Å². The standard InChI is InChI=1S/C18H20N2O3S/c1-12-7-9-24-16(12)17(22)19-14-5-2-4-13(10-14)18(23)20-8-3-6-15(21)11-20/h2,4-5,7,9-10,15,21H,3,6,8,11H2,1H3,(H,19,22)/t15-/m1/s1. The zero-order valence-electron chi connectivity index (χ0n) is 13.5. The van der Waals surface area contributed by atoms with Gasteiger partial charge in [-0.1, -0.05) is 6.07 Å². The predicted octanol–water partition coefficient (Wildman–Crippen LogP) is 2.91. The van der Waals surface area contributed by atoms with Gasteiger partial charge in [0.05, 0.1) is 11.0 Å². The van der Waals surface area contributed by atoms with Crippen LogP contribution in [0.1, 0.15) is 38.4 Å². The highest BCUT2D eigenvalue weighted by molar-refractivity contribution is 7.12. The van der Waals surface area contributed by atoms with Gasteiger partial charge in [-0.3, -0.25) is 9.59 Å². The Morgan fingerprint density at radius 3 is 2.88 bits per heavy atom. The third-order valence-corrected chi connectivity index (χ3v) is 5.13. The van der Waals surface area contributed by atoms with Crippen molar-refractivity contribution in [2.45, 2.75) is 25.9 Å². The summed E-state index contributed by atoms with van der Waals surface area (Å²) in [5.74, 6) is -0.280. The number of carbonyl (C=O) groups excluding carboxylic acids is 2. The molecule has 24 heavy (non-hydrogen) atoms. The summed E-state index contributed by atoms with van der Waals surface area (Å²) < 4.78 is 0. The summed E-state index contributed by atoms with van der Waals surface area (Å²) in [6.07, 6.45) is 1.09. The number of anilines is 1. The molecule has 0 radical (unpaired) electrons. The molecule has 2 aromatic rings. The van der Waals surface area contributed by atoms with Crippen molar-refractivity contribution in [1.29, 1.82) is 0 Å². The summed E-state index contributed by atoms with van der Waals surface area (Å²) >= 11 is 1.40. The van der Waals surface area contributed by atoms with Crippen LogP contribution in [0.25, 0.3) is 0 Å². The summed E-state index contributed by atoms with van der Waals surface area (Å²) in [7, 11) is 0. The number of hydrogen-bond acceptors (Lipinski definition) is 4. The third kappa shape index (κ3) is 3.66. The number of thiophene rings is 1. The molecule has 1 aliphatic rings. The number of likely N-dealkylation sites (tertiary alicyclic amines) is 1. The van der Waals surface area contributed by atoms with Gasteiger partial charge in [-0.2, -0.15) is 0 Å². The lowest BCUT2D eigenvalue weighted by molar-refractivity contribution is 0.0474. The van der Waals surface area contributed by atoms with Crippen molar-refractivity contribution in [3.8, 4) is 0 Å². The lowest BCUT2D eigenvalue weighted by atomic mass is 10.1. The van der Waals surface area contributed by atoms with Crippen molar-refractivity contribution < 1.29 is 14.7 Å². The van der Waals surface area contributed by atoms with Gasteiger partial charge in [-0.05, 0) is 55.0 Å². The minimum atomic E-state index is -0.451. The van der Waals surface area contributed by atoms with Crippen LogP contribution < -0.4 is 5.32 Å². The third-order valence-electron chi connectivity index (χ3n) is 4.12. The summed E-state index contributed by atoms with van der Waals surface area (Å²) in [6, 6.07) is 8.84. The van der Waals surface area contributed by atoms with E-state index in [1.807, 2.05) is 18.4 Å². The molecule has 0 spiro atoms. The molecule has 1 aromatic carbocycles. The molecule has 5 nitrogen and oxygen atoms in total. The number of aliphatic hydroxyl groups excluding tert-OH is 1. The van der Waals surface area contributed by atoms with E-state index in [0.29, 0.717) is 29.2 Å². The van der Waals surface area contributed by atoms with E-state index in [-0.39, 0.29) is 11.8 Å². The molecule has 0 unspecified atom stereocenters. The number of carbonyl (C=O) groups is 2. The zero-order chi connectivity index (χ0) is 17.1. The molecule has 6 heteroatoms. The van der Waals surface area contributed by atoms with E-state index in [2.05, 4.69) is 5.32 Å². The van der Waals surface area contributed by atoms with Crippen LogP contribution in [0.15, 0.2) is 35.7 Å². The van der Waals surface area contributed by atoms with E-state index >= 15 is 0 Å². The summed E-state index contributed by atoms with van der Waals surface area (Å²) in [6.45, 7) is 2.91. The zero-order valence-corrected chi connectivity index (χ0v) is 14.3. The topological polar surface area (TPSA) is 69.6 Å². The molecule has 126 valence electrons. The number of amides is 2. The number of aryl methyl sites for hydroxylation is 1. The molecule has 2 N–H and O–H groups in total. The van der Waals surface area contributed by atoms with Crippen molar-refractivity contribution in [1.82, 2.24) is 4.90 Å². The fourth-order valence-electron chi connectivity index (χ4n) is 2.84. The maximum Gasteiger partial charge on any atom is 0.265 e. The number of β-amino-alcohol motifs (C(OH)–C–C–N with tert-alkyl or cyclic N) is 1. The SMILES string of the molecule is Cc1ccsc1C(=O)Nc1cccc(C(=O)N2CCC[C@@H](O)C2)c1. The molecule has 2 amide bonds. The van der Waals surface area contributed by atoms with E-state index in [1.165, 1.54) is 11.3 Å². The summed E-state index contributed by atoms with van der Waals surface area (Å²) in [5.41, 5.74) is 2.05. The van der Waals surface area contributed by atoms with Crippen LogP contribution in [0.2, 0.25) is 0 Å². The number of nitrogens with zero attached hydrogens (tertiary/aromatic N) is 1. The second-order valence-corrected chi connectivity index (χ2v) is 6.93. The molecule has 3 rings (SSSR count). The molecule has 0 bridgehead atoms. The van der Waals surface area contributed by atoms with Gasteiger partial charge >= 0.3 is 0 Å². The minimum absolute atomic E-state index is 0.114. The second kappa shape index (κ2) is 7.15. The Kier molecular flexibility index (Phi) is 4.97. The molecule has 1 atom stereocenters. The Bertz CT molecular complexity index is 756. The fourth-order valence-corrected chi connectivity index (χ4v) is 3.67. The maximum absolute atomic E-state index is 12.6. The molecular formula is C18H20N2O3S. The molecule has 0 saturated carbocycles. The van der Waals surface area contributed by atoms with E-state index in [4.69, 9.17) is 0 Å². The van der Waals surface area contributed by atoms with Crippen molar-refractivity contribution in [2.75, 3.05) is 18.4 Å². The smallest absolute Gasteiger partial charge is 0.265 e. The van der Waals surface area contributed by atoms with Crippen LogP contribution in [-0.4, -0.2) is 41.0 Å².